The molecule has 0 heterocycles. The van der Waals surface area contributed by atoms with Crippen molar-refractivity contribution in [3.63, 3.8) is 0 Å². The maximum Gasteiger partial charge on any atom is 0.0230 e. The largest absolute Gasteiger partial charge is 0.326 e. The van der Waals surface area contributed by atoms with Gasteiger partial charge in [-0.2, -0.15) is 0 Å². The van der Waals surface area contributed by atoms with E-state index in [0.717, 1.165) is 13.1 Å². The molecule has 0 aliphatic heterocycles. The molecule has 0 aromatic heterocycles. The van der Waals surface area contributed by atoms with Gasteiger partial charge in [0.25, 0.3) is 0 Å². The van der Waals surface area contributed by atoms with E-state index in [4.69, 9.17) is 5.73 Å². The van der Waals surface area contributed by atoms with Crippen LogP contribution in [0.3, 0.4) is 0 Å². The van der Waals surface area contributed by atoms with Gasteiger partial charge in [0, 0.05) is 13.1 Å². The Morgan fingerprint density at radius 1 is 1.06 bits per heavy atom. The molecule has 1 aromatic rings. The molecule has 2 N–H and O–H groups in total. The standard InChI is InChI=1S/C16H28N2/c1-16(2,3)10-5-11-18(4)13-15-8-6-14(12-17)7-9-15/h6-9H,5,10-13,17H2,1-4H3. The summed E-state index contributed by atoms with van der Waals surface area (Å²) >= 11 is 0. The van der Waals surface area contributed by atoms with Crippen LogP contribution in [0.5, 0.6) is 0 Å². The molecule has 2 heteroatoms. The molecule has 1 aromatic carbocycles. The SMILES string of the molecule is CN(CCCC(C)(C)C)Cc1ccc(CN)cc1. The molecule has 0 aliphatic carbocycles. The van der Waals surface area contributed by atoms with Crippen molar-refractivity contribution in [2.24, 2.45) is 11.1 Å². The lowest BCUT2D eigenvalue weighted by Gasteiger charge is -2.21. The van der Waals surface area contributed by atoms with Crippen LogP contribution >= 0.6 is 0 Å². The molecule has 0 aliphatic rings. The maximum absolute atomic E-state index is 5.60. The van der Waals surface area contributed by atoms with Gasteiger partial charge >= 0.3 is 0 Å². The minimum absolute atomic E-state index is 0.448. The van der Waals surface area contributed by atoms with Crippen molar-refractivity contribution in [2.45, 2.75) is 46.7 Å². The van der Waals surface area contributed by atoms with Gasteiger partial charge < -0.3 is 10.6 Å². The predicted octanol–water partition coefficient (Wildman–Crippen LogP) is 3.40. The molecule has 18 heavy (non-hydrogen) atoms. The highest BCUT2D eigenvalue weighted by Crippen LogP contribution is 2.20. The second-order valence-electron chi connectivity index (χ2n) is 6.42. The van der Waals surface area contributed by atoms with Gasteiger partial charge in [0.1, 0.15) is 0 Å². The van der Waals surface area contributed by atoms with Crippen molar-refractivity contribution < 1.29 is 0 Å². The number of nitrogens with zero attached hydrogens (tertiary/aromatic N) is 1. The fourth-order valence-electron chi connectivity index (χ4n) is 2.05. The Morgan fingerprint density at radius 3 is 2.11 bits per heavy atom. The van der Waals surface area contributed by atoms with Gasteiger partial charge in [-0.25, -0.2) is 0 Å². The van der Waals surface area contributed by atoms with Gasteiger partial charge in [-0.05, 0) is 43.0 Å². The summed E-state index contributed by atoms with van der Waals surface area (Å²) in [5.74, 6) is 0. The summed E-state index contributed by atoms with van der Waals surface area (Å²) in [5, 5.41) is 0. The van der Waals surface area contributed by atoms with Crippen molar-refractivity contribution in [3.8, 4) is 0 Å². The minimum atomic E-state index is 0.448. The second-order valence-corrected chi connectivity index (χ2v) is 6.42. The summed E-state index contributed by atoms with van der Waals surface area (Å²) in [7, 11) is 2.19. The van der Waals surface area contributed by atoms with Crippen molar-refractivity contribution in [1.29, 1.82) is 0 Å². The Labute approximate surface area is 112 Å². The molecule has 0 amide bonds. The fourth-order valence-corrected chi connectivity index (χ4v) is 2.05. The van der Waals surface area contributed by atoms with E-state index in [2.05, 4.69) is 57.0 Å². The highest BCUT2D eigenvalue weighted by molar-refractivity contribution is 5.22. The quantitative estimate of drug-likeness (QED) is 0.836. The van der Waals surface area contributed by atoms with E-state index in [9.17, 15) is 0 Å². The third-order valence-corrected chi connectivity index (χ3v) is 3.18. The van der Waals surface area contributed by atoms with Crippen LogP contribution < -0.4 is 5.73 Å². The highest BCUT2D eigenvalue weighted by Gasteiger charge is 2.10. The zero-order valence-electron chi connectivity index (χ0n) is 12.4. The maximum atomic E-state index is 5.60. The Balaban J connectivity index is 2.32. The van der Waals surface area contributed by atoms with Crippen LogP contribution in [-0.4, -0.2) is 18.5 Å². The Hall–Kier alpha value is -0.860. The molecule has 0 fully saturated rings. The zero-order valence-corrected chi connectivity index (χ0v) is 12.4. The molecule has 0 saturated heterocycles. The van der Waals surface area contributed by atoms with Crippen LogP contribution in [0.15, 0.2) is 24.3 Å². The molecule has 102 valence electrons. The van der Waals surface area contributed by atoms with E-state index >= 15 is 0 Å². The molecule has 1 rings (SSSR count). The minimum Gasteiger partial charge on any atom is -0.326 e. The van der Waals surface area contributed by atoms with Crippen LogP contribution in [0.25, 0.3) is 0 Å². The first-order chi connectivity index (χ1) is 8.40. The van der Waals surface area contributed by atoms with Crippen LogP contribution in [0, 0.1) is 5.41 Å². The van der Waals surface area contributed by atoms with E-state index in [-0.39, 0.29) is 0 Å². The van der Waals surface area contributed by atoms with Crippen LogP contribution in [0.4, 0.5) is 0 Å². The molecule has 0 radical (unpaired) electrons. The topological polar surface area (TPSA) is 29.3 Å². The van der Waals surface area contributed by atoms with Crippen LogP contribution in [-0.2, 0) is 13.1 Å². The smallest absolute Gasteiger partial charge is 0.0230 e. The normalized spacial score (nSPS) is 12.1. The van der Waals surface area contributed by atoms with Crippen molar-refractivity contribution in [2.75, 3.05) is 13.6 Å². The summed E-state index contributed by atoms with van der Waals surface area (Å²) in [6.07, 6.45) is 2.55. The van der Waals surface area contributed by atoms with Crippen molar-refractivity contribution >= 4 is 0 Å². The molecule has 0 spiro atoms. The van der Waals surface area contributed by atoms with E-state index < -0.39 is 0 Å². The first-order valence-corrected chi connectivity index (χ1v) is 6.87. The molecular formula is C16H28N2. The fraction of sp³-hybridized carbons (Fsp3) is 0.625. The third kappa shape index (κ3) is 6.18. The van der Waals surface area contributed by atoms with Crippen molar-refractivity contribution in [3.05, 3.63) is 35.4 Å². The summed E-state index contributed by atoms with van der Waals surface area (Å²) in [4.78, 5) is 2.39. The lowest BCUT2D eigenvalue weighted by atomic mass is 9.90. The number of nitrogens with two attached hydrogens (primary N) is 1. The molecular weight excluding hydrogens is 220 g/mol. The van der Waals surface area contributed by atoms with E-state index in [1.165, 1.54) is 24.0 Å². The van der Waals surface area contributed by atoms with Gasteiger partial charge in [0.15, 0.2) is 0 Å². The van der Waals surface area contributed by atoms with Crippen LogP contribution in [0.2, 0.25) is 0 Å². The first-order valence-electron chi connectivity index (χ1n) is 6.87. The summed E-state index contributed by atoms with van der Waals surface area (Å²) in [6, 6.07) is 8.61. The van der Waals surface area contributed by atoms with Gasteiger partial charge in [-0.3, -0.25) is 0 Å². The predicted molar refractivity (Wildman–Crippen MR) is 79.4 cm³/mol. The molecule has 0 saturated carbocycles. The Morgan fingerprint density at radius 2 is 1.61 bits per heavy atom. The van der Waals surface area contributed by atoms with Gasteiger partial charge in [-0.15, -0.1) is 0 Å². The third-order valence-electron chi connectivity index (χ3n) is 3.18. The van der Waals surface area contributed by atoms with Crippen LogP contribution in [0.1, 0.15) is 44.7 Å². The number of benzene rings is 1. The summed E-state index contributed by atoms with van der Waals surface area (Å²) in [6.45, 7) is 9.72. The number of rotatable bonds is 6. The second kappa shape index (κ2) is 6.91. The lowest BCUT2D eigenvalue weighted by Crippen LogP contribution is -2.20. The average molecular weight is 248 g/mol. The summed E-state index contributed by atoms with van der Waals surface area (Å²) in [5.41, 5.74) is 8.61. The lowest BCUT2D eigenvalue weighted by molar-refractivity contribution is 0.282. The Bertz CT molecular complexity index is 335. The molecule has 0 unspecified atom stereocenters. The highest BCUT2D eigenvalue weighted by atomic mass is 15.1. The van der Waals surface area contributed by atoms with Gasteiger partial charge in [0.2, 0.25) is 0 Å². The number of hydrogen-bond acceptors (Lipinski definition) is 2. The first kappa shape index (κ1) is 15.2. The monoisotopic (exact) mass is 248 g/mol. The van der Waals surface area contributed by atoms with E-state index in [0.29, 0.717) is 12.0 Å². The molecule has 0 bridgehead atoms. The summed E-state index contributed by atoms with van der Waals surface area (Å²) < 4.78 is 0. The number of hydrogen-bond donors (Lipinski definition) is 1. The Kier molecular flexibility index (Phi) is 5.83. The van der Waals surface area contributed by atoms with Crippen molar-refractivity contribution in [1.82, 2.24) is 4.90 Å². The molecule has 0 atom stereocenters. The zero-order chi connectivity index (χ0) is 13.6. The van der Waals surface area contributed by atoms with Gasteiger partial charge in [-0.1, -0.05) is 45.0 Å². The van der Waals surface area contributed by atoms with E-state index in [1.807, 2.05) is 0 Å². The molecule has 2 nitrogen and oxygen atoms in total. The van der Waals surface area contributed by atoms with Gasteiger partial charge in [0.05, 0.1) is 0 Å². The van der Waals surface area contributed by atoms with E-state index in [1.54, 1.807) is 0 Å². The average Bonchev–Trinajstić information content (AvgIpc) is 2.28.